The Morgan fingerprint density at radius 1 is 1.31 bits per heavy atom. The van der Waals surface area contributed by atoms with Gasteiger partial charge in [-0.25, -0.2) is 0 Å². The first-order valence-corrected chi connectivity index (χ1v) is 5.43. The van der Waals surface area contributed by atoms with Crippen LogP contribution in [0.4, 0.5) is 0 Å². The molecule has 0 radical (unpaired) electrons. The summed E-state index contributed by atoms with van der Waals surface area (Å²) in [5, 5.41) is 4.24. The number of aryl methyl sites for hydroxylation is 1. The van der Waals surface area contributed by atoms with Crippen molar-refractivity contribution in [2.24, 2.45) is 0 Å². The smallest absolute Gasteiger partial charge is 0.153 e. The van der Waals surface area contributed by atoms with Gasteiger partial charge in [0.2, 0.25) is 0 Å². The minimum atomic E-state index is 0.652. The minimum Gasteiger partial charge on any atom is -0.298 e. The first-order valence-electron chi connectivity index (χ1n) is 5.43. The van der Waals surface area contributed by atoms with Crippen LogP contribution in [0.2, 0.25) is 0 Å². The van der Waals surface area contributed by atoms with Crippen LogP contribution in [0.25, 0.3) is 11.3 Å². The standard InChI is InChI=1S/C13H14N2O/c1-2-8-15-13(12(10-16)9-14-15)11-6-4-3-5-7-11/h3-7,9-10H,2,8H2,1H3. The van der Waals surface area contributed by atoms with Gasteiger partial charge in [0.05, 0.1) is 17.5 Å². The van der Waals surface area contributed by atoms with Crippen molar-refractivity contribution in [1.29, 1.82) is 0 Å². The molecule has 0 saturated carbocycles. The van der Waals surface area contributed by atoms with E-state index in [9.17, 15) is 4.79 Å². The van der Waals surface area contributed by atoms with Gasteiger partial charge >= 0.3 is 0 Å². The molecule has 1 aromatic heterocycles. The van der Waals surface area contributed by atoms with E-state index in [0.29, 0.717) is 5.56 Å². The normalized spacial score (nSPS) is 10.3. The summed E-state index contributed by atoms with van der Waals surface area (Å²) in [5.41, 5.74) is 2.60. The Kier molecular flexibility index (Phi) is 3.15. The highest BCUT2D eigenvalue weighted by atomic mass is 16.1. The fourth-order valence-electron chi connectivity index (χ4n) is 1.78. The van der Waals surface area contributed by atoms with E-state index in [-0.39, 0.29) is 0 Å². The number of aldehydes is 1. The van der Waals surface area contributed by atoms with E-state index in [0.717, 1.165) is 30.5 Å². The van der Waals surface area contributed by atoms with Gasteiger partial charge in [-0.15, -0.1) is 0 Å². The zero-order valence-electron chi connectivity index (χ0n) is 9.26. The third kappa shape index (κ3) is 1.89. The molecule has 0 aliphatic carbocycles. The molecule has 0 fully saturated rings. The molecule has 3 nitrogen and oxygen atoms in total. The average molecular weight is 214 g/mol. The third-order valence-corrected chi connectivity index (χ3v) is 2.48. The number of benzene rings is 1. The predicted molar refractivity (Wildman–Crippen MR) is 63.3 cm³/mol. The van der Waals surface area contributed by atoms with Gasteiger partial charge in [0.25, 0.3) is 0 Å². The third-order valence-electron chi connectivity index (χ3n) is 2.48. The Labute approximate surface area is 94.7 Å². The molecule has 2 aromatic rings. The maximum atomic E-state index is 11.0. The van der Waals surface area contributed by atoms with E-state index in [1.807, 2.05) is 35.0 Å². The van der Waals surface area contributed by atoms with Crippen LogP contribution in [-0.4, -0.2) is 16.1 Å². The molecule has 0 unspecified atom stereocenters. The highest BCUT2D eigenvalue weighted by Crippen LogP contribution is 2.22. The highest BCUT2D eigenvalue weighted by Gasteiger charge is 2.11. The van der Waals surface area contributed by atoms with E-state index in [1.54, 1.807) is 6.20 Å². The monoisotopic (exact) mass is 214 g/mol. The number of rotatable bonds is 4. The zero-order valence-corrected chi connectivity index (χ0v) is 9.26. The van der Waals surface area contributed by atoms with Crippen LogP contribution in [-0.2, 0) is 6.54 Å². The van der Waals surface area contributed by atoms with E-state index in [1.165, 1.54) is 0 Å². The molecular formula is C13H14N2O. The van der Waals surface area contributed by atoms with Crippen molar-refractivity contribution in [2.45, 2.75) is 19.9 Å². The summed E-state index contributed by atoms with van der Waals surface area (Å²) in [7, 11) is 0. The molecule has 0 saturated heterocycles. The van der Waals surface area contributed by atoms with Gasteiger partial charge in [-0.1, -0.05) is 37.3 Å². The van der Waals surface area contributed by atoms with Crippen LogP contribution in [0, 0.1) is 0 Å². The fraction of sp³-hybridized carbons (Fsp3) is 0.231. The summed E-state index contributed by atoms with van der Waals surface area (Å²) in [6, 6.07) is 9.89. The van der Waals surface area contributed by atoms with Crippen LogP contribution in [0.5, 0.6) is 0 Å². The molecular weight excluding hydrogens is 200 g/mol. The quantitative estimate of drug-likeness (QED) is 0.733. The number of nitrogens with zero attached hydrogens (tertiary/aromatic N) is 2. The lowest BCUT2D eigenvalue weighted by Gasteiger charge is -2.06. The van der Waals surface area contributed by atoms with Crippen molar-refractivity contribution in [3.05, 3.63) is 42.1 Å². The largest absolute Gasteiger partial charge is 0.298 e. The SMILES string of the molecule is CCCn1ncc(C=O)c1-c1ccccc1. The van der Waals surface area contributed by atoms with E-state index >= 15 is 0 Å². The first-order chi connectivity index (χ1) is 7.86. The van der Waals surface area contributed by atoms with Gasteiger partial charge < -0.3 is 0 Å². The van der Waals surface area contributed by atoms with Crippen molar-refractivity contribution in [3.8, 4) is 11.3 Å². The van der Waals surface area contributed by atoms with Crippen molar-refractivity contribution in [2.75, 3.05) is 0 Å². The highest BCUT2D eigenvalue weighted by molar-refractivity contribution is 5.85. The zero-order chi connectivity index (χ0) is 11.4. The van der Waals surface area contributed by atoms with E-state index in [2.05, 4.69) is 12.0 Å². The number of hydrogen-bond donors (Lipinski definition) is 0. The summed E-state index contributed by atoms with van der Waals surface area (Å²) in [6.45, 7) is 2.93. The Morgan fingerprint density at radius 2 is 2.06 bits per heavy atom. The van der Waals surface area contributed by atoms with Gasteiger partial charge in [0, 0.05) is 12.1 Å². The summed E-state index contributed by atoms with van der Waals surface area (Å²) in [6.07, 6.45) is 3.49. The van der Waals surface area contributed by atoms with Crippen LogP contribution >= 0.6 is 0 Å². The Morgan fingerprint density at radius 3 is 2.69 bits per heavy atom. The van der Waals surface area contributed by atoms with Crippen molar-refractivity contribution >= 4 is 6.29 Å². The predicted octanol–water partition coefficient (Wildman–Crippen LogP) is 2.77. The minimum absolute atomic E-state index is 0.652. The lowest BCUT2D eigenvalue weighted by molar-refractivity contribution is 0.112. The number of carbonyl (C=O) groups excluding carboxylic acids is 1. The van der Waals surface area contributed by atoms with Crippen LogP contribution in [0.3, 0.4) is 0 Å². The Balaban J connectivity index is 2.52. The topological polar surface area (TPSA) is 34.9 Å². The Hall–Kier alpha value is -1.90. The molecule has 82 valence electrons. The van der Waals surface area contributed by atoms with E-state index < -0.39 is 0 Å². The number of aromatic nitrogens is 2. The second-order valence-corrected chi connectivity index (χ2v) is 3.66. The van der Waals surface area contributed by atoms with Crippen LogP contribution in [0.1, 0.15) is 23.7 Å². The lowest BCUT2D eigenvalue weighted by Crippen LogP contribution is -2.01. The van der Waals surface area contributed by atoms with E-state index in [4.69, 9.17) is 0 Å². The van der Waals surface area contributed by atoms with Crippen molar-refractivity contribution in [3.63, 3.8) is 0 Å². The van der Waals surface area contributed by atoms with Gasteiger partial charge in [0.15, 0.2) is 6.29 Å². The fourth-order valence-corrected chi connectivity index (χ4v) is 1.78. The molecule has 0 atom stereocenters. The molecule has 3 heteroatoms. The second-order valence-electron chi connectivity index (χ2n) is 3.66. The molecule has 0 bridgehead atoms. The molecule has 0 spiro atoms. The molecule has 1 aromatic carbocycles. The molecule has 0 aliphatic rings. The second kappa shape index (κ2) is 4.75. The molecule has 0 N–H and O–H groups in total. The molecule has 16 heavy (non-hydrogen) atoms. The number of carbonyl (C=O) groups is 1. The van der Waals surface area contributed by atoms with Crippen LogP contribution in [0.15, 0.2) is 36.5 Å². The van der Waals surface area contributed by atoms with Gasteiger partial charge in [-0.05, 0) is 6.42 Å². The molecule has 2 rings (SSSR count). The van der Waals surface area contributed by atoms with Crippen molar-refractivity contribution in [1.82, 2.24) is 9.78 Å². The lowest BCUT2D eigenvalue weighted by atomic mass is 10.1. The summed E-state index contributed by atoms with van der Waals surface area (Å²) in [4.78, 5) is 11.0. The maximum Gasteiger partial charge on any atom is 0.153 e. The van der Waals surface area contributed by atoms with Gasteiger partial charge in [0.1, 0.15) is 0 Å². The molecule has 1 heterocycles. The number of hydrogen-bond acceptors (Lipinski definition) is 2. The van der Waals surface area contributed by atoms with Gasteiger partial charge in [-0.3, -0.25) is 9.48 Å². The summed E-state index contributed by atoms with van der Waals surface area (Å²) in [5.74, 6) is 0. The Bertz CT molecular complexity index is 474. The molecule has 0 aliphatic heterocycles. The van der Waals surface area contributed by atoms with Crippen molar-refractivity contribution < 1.29 is 4.79 Å². The van der Waals surface area contributed by atoms with Crippen LogP contribution < -0.4 is 0 Å². The maximum absolute atomic E-state index is 11.0. The first kappa shape index (κ1) is 10.6. The molecule has 0 amide bonds. The summed E-state index contributed by atoms with van der Waals surface area (Å²) < 4.78 is 1.89. The average Bonchev–Trinajstić information content (AvgIpc) is 2.74. The van der Waals surface area contributed by atoms with Gasteiger partial charge in [-0.2, -0.15) is 5.10 Å². The summed E-state index contributed by atoms with van der Waals surface area (Å²) >= 11 is 0.